The average molecular weight is 400 g/mol. The third-order valence-corrected chi connectivity index (χ3v) is 5.16. The number of amides is 1. The number of hydrogen-bond acceptors (Lipinski definition) is 3. The second-order valence-electron chi connectivity index (χ2n) is 7.51. The van der Waals surface area contributed by atoms with E-state index in [1.165, 1.54) is 12.1 Å². The first-order valence-electron chi connectivity index (χ1n) is 9.58. The minimum Gasteiger partial charge on any atom is -0.308 e. The average Bonchev–Trinajstić information content (AvgIpc) is 3.19. The van der Waals surface area contributed by atoms with Crippen molar-refractivity contribution in [1.29, 1.82) is 0 Å². The van der Waals surface area contributed by atoms with Crippen LogP contribution in [0.4, 0.5) is 10.2 Å². The molecule has 150 valence electrons. The summed E-state index contributed by atoms with van der Waals surface area (Å²) >= 11 is 0. The molecule has 0 aliphatic carbocycles. The molecule has 0 fully saturated rings. The number of rotatable bonds is 5. The molecule has 4 aromatic rings. The normalized spacial score (nSPS) is 11.3. The van der Waals surface area contributed by atoms with E-state index in [2.05, 4.69) is 20.5 Å². The van der Waals surface area contributed by atoms with Crippen molar-refractivity contribution in [2.24, 2.45) is 0 Å². The zero-order valence-corrected chi connectivity index (χ0v) is 16.7. The van der Waals surface area contributed by atoms with Gasteiger partial charge in [0.05, 0.1) is 16.7 Å². The lowest BCUT2D eigenvalue weighted by molar-refractivity contribution is -0.120. The molecule has 2 heterocycles. The zero-order chi connectivity index (χ0) is 21.1. The predicted molar refractivity (Wildman–Crippen MR) is 115 cm³/mol. The second-order valence-corrected chi connectivity index (χ2v) is 7.51. The van der Waals surface area contributed by atoms with Gasteiger partial charge in [-0.25, -0.2) is 4.39 Å². The highest BCUT2D eigenvalue weighted by molar-refractivity contribution is 6.02. The van der Waals surface area contributed by atoms with Gasteiger partial charge < -0.3 is 5.32 Å². The number of aromatic amines is 1. The van der Waals surface area contributed by atoms with Crippen LogP contribution in [0.2, 0.25) is 0 Å². The summed E-state index contributed by atoms with van der Waals surface area (Å²) in [5.41, 5.74) is 3.16. The summed E-state index contributed by atoms with van der Waals surface area (Å²) in [5.74, 6) is -0.0856. The largest absolute Gasteiger partial charge is 0.308 e. The highest BCUT2D eigenvalue weighted by Gasteiger charge is 2.31. The number of nitrogens with zero attached hydrogens (tertiary/aromatic N) is 2. The molecule has 0 saturated heterocycles. The lowest BCUT2D eigenvalue weighted by Gasteiger charge is -2.24. The molecule has 5 nitrogen and oxygen atoms in total. The summed E-state index contributed by atoms with van der Waals surface area (Å²) in [6.45, 7) is 3.74. The third kappa shape index (κ3) is 3.72. The highest BCUT2D eigenvalue weighted by Crippen LogP contribution is 2.37. The molecule has 0 radical (unpaired) electrons. The van der Waals surface area contributed by atoms with Crippen molar-refractivity contribution in [1.82, 2.24) is 15.2 Å². The Morgan fingerprint density at radius 1 is 0.933 bits per heavy atom. The van der Waals surface area contributed by atoms with Crippen molar-refractivity contribution >= 4 is 11.7 Å². The van der Waals surface area contributed by atoms with Gasteiger partial charge in [-0.05, 0) is 61.4 Å². The quantitative estimate of drug-likeness (QED) is 0.484. The molecule has 2 aromatic carbocycles. The number of carbonyl (C=O) groups excluding carboxylic acids is 1. The number of anilines is 1. The Morgan fingerprint density at radius 2 is 1.60 bits per heavy atom. The molecule has 0 bridgehead atoms. The van der Waals surface area contributed by atoms with Gasteiger partial charge in [-0.3, -0.25) is 14.9 Å². The van der Waals surface area contributed by atoms with Gasteiger partial charge in [-0.15, -0.1) is 0 Å². The number of pyridine rings is 1. The molecule has 2 N–H and O–H groups in total. The number of H-pyrrole nitrogens is 1. The summed E-state index contributed by atoms with van der Waals surface area (Å²) in [7, 11) is 0. The lowest BCUT2D eigenvalue weighted by Crippen LogP contribution is -2.35. The van der Waals surface area contributed by atoms with Gasteiger partial charge in [0.1, 0.15) is 5.82 Å². The van der Waals surface area contributed by atoms with E-state index in [1.807, 2.05) is 56.3 Å². The van der Waals surface area contributed by atoms with E-state index in [9.17, 15) is 9.18 Å². The highest BCUT2D eigenvalue weighted by atomic mass is 19.1. The van der Waals surface area contributed by atoms with Gasteiger partial charge in [-0.2, -0.15) is 5.10 Å². The van der Waals surface area contributed by atoms with Crippen molar-refractivity contribution in [3.05, 3.63) is 90.5 Å². The van der Waals surface area contributed by atoms with E-state index in [-0.39, 0.29) is 11.7 Å². The van der Waals surface area contributed by atoms with Crippen molar-refractivity contribution in [3.8, 4) is 22.4 Å². The predicted octanol–water partition coefficient (Wildman–Crippen LogP) is 5.19. The maximum Gasteiger partial charge on any atom is 0.235 e. The van der Waals surface area contributed by atoms with Crippen LogP contribution in [0.25, 0.3) is 22.4 Å². The van der Waals surface area contributed by atoms with Gasteiger partial charge in [0, 0.05) is 18.0 Å². The molecule has 0 aliphatic heterocycles. The molecular weight excluding hydrogens is 379 g/mol. The van der Waals surface area contributed by atoms with Crippen LogP contribution in [-0.2, 0) is 10.2 Å². The second kappa shape index (κ2) is 7.91. The number of nitrogens with one attached hydrogen (secondary N) is 2. The Hall–Kier alpha value is -3.80. The Kier molecular flexibility index (Phi) is 5.14. The molecular formula is C24H21FN4O. The van der Waals surface area contributed by atoms with Crippen molar-refractivity contribution in [3.63, 3.8) is 0 Å². The maximum atomic E-state index is 13.4. The Balaban J connectivity index is 1.75. The number of hydrogen-bond donors (Lipinski definition) is 2. The fourth-order valence-electron chi connectivity index (χ4n) is 3.31. The number of carbonyl (C=O) groups is 1. The summed E-state index contributed by atoms with van der Waals surface area (Å²) in [4.78, 5) is 17.3. The maximum absolute atomic E-state index is 13.4. The van der Waals surface area contributed by atoms with Crippen LogP contribution >= 0.6 is 0 Å². The first-order valence-corrected chi connectivity index (χ1v) is 9.58. The van der Waals surface area contributed by atoms with Crippen LogP contribution in [0, 0.1) is 5.82 Å². The Bertz CT molecular complexity index is 1150. The van der Waals surface area contributed by atoms with E-state index in [0.29, 0.717) is 11.5 Å². The minimum absolute atomic E-state index is 0.179. The first kappa shape index (κ1) is 19.5. The van der Waals surface area contributed by atoms with E-state index < -0.39 is 5.41 Å². The van der Waals surface area contributed by atoms with Gasteiger partial charge in [0.25, 0.3) is 0 Å². The molecule has 0 spiro atoms. The van der Waals surface area contributed by atoms with Crippen LogP contribution < -0.4 is 5.32 Å². The molecule has 0 unspecified atom stereocenters. The smallest absolute Gasteiger partial charge is 0.235 e. The van der Waals surface area contributed by atoms with Gasteiger partial charge in [0.2, 0.25) is 5.91 Å². The van der Waals surface area contributed by atoms with Crippen molar-refractivity contribution in [2.45, 2.75) is 19.3 Å². The molecule has 0 saturated carbocycles. The van der Waals surface area contributed by atoms with Crippen molar-refractivity contribution in [2.75, 3.05) is 5.32 Å². The molecule has 6 heteroatoms. The number of aromatic nitrogens is 3. The van der Waals surface area contributed by atoms with E-state index in [4.69, 9.17) is 0 Å². The fraction of sp³-hybridized carbons (Fsp3) is 0.125. The van der Waals surface area contributed by atoms with E-state index in [1.54, 1.807) is 24.5 Å². The number of halogens is 1. The number of benzene rings is 2. The molecule has 0 aliphatic rings. The Morgan fingerprint density at radius 3 is 2.27 bits per heavy atom. The Labute approximate surface area is 174 Å². The summed E-state index contributed by atoms with van der Waals surface area (Å²) in [6.07, 6.45) is 3.35. The van der Waals surface area contributed by atoms with Gasteiger partial charge in [0.15, 0.2) is 5.82 Å². The SMILES string of the molecule is CC(C)(C(=O)Nc1n[nH]c(-c2ccc(F)cc2)c1-c1ccncc1)c1ccccc1. The monoisotopic (exact) mass is 400 g/mol. The lowest BCUT2D eigenvalue weighted by atomic mass is 9.83. The third-order valence-electron chi connectivity index (χ3n) is 5.16. The summed E-state index contributed by atoms with van der Waals surface area (Å²) in [5, 5.41) is 10.3. The minimum atomic E-state index is -0.758. The van der Waals surface area contributed by atoms with Gasteiger partial charge in [-0.1, -0.05) is 30.3 Å². The molecule has 30 heavy (non-hydrogen) atoms. The molecule has 2 aromatic heterocycles. The summed E-state index contributed by atoms with van der Waals surface area (Å²) in [6, 6.07) is 19.4. The first-order chi connectivity index (χ1) is 14.5. The standard InChI is InChI=1S/C24H21FN4O/c1-24(2,18-6-4-3-5-7-18)23(30)27-22-20(16-12-14-26-15-13-16)21(28-29-22)17-8-10-19(25)11-9-17/h3-15H,1-2H3,(H2,27,28,29,30). The molecule has 1 amide bonds. The van der Waals surface area contributed by atoms with Crippen LogP contribution in [0.1, 0.15) is 19.4 Å². The van der Waals surface area contributed by atoms with E-state index >= 15 is 0 Å². The molecule has 0 atom stereocenters. The van der Waals surface area contributed by atoms with E-state index in [0.717, 1.165) is 22.3 Å². The van der Waals surface area contributed by atoms with Crippen LogP contribution in [0.5, 0.6) is 0 Å². The summed E-state index contributed by atoms with van der Waals surface area (Å²) < 4.78 is 13.4. The topological polar surface area (TPSA) is 70.7 Å². The fourth-order valence-corrected chi connectivity index (χ4v) is 3.31. The zero-order valence-electron chi connectivity index (χ0n) is 16.7. The molecule has 4 rings (SSSR count). The van der Waals surface area contributed by atoms with Crippen LogP contribution in [0.15, 0.2) is 79.1 Å². The van der Waals surface area contributed by atoms with Crippen molar-refractivity contribution < 1.29 is 9.18 Å². The van der Waals surface area contributed by atoms with Crippen LogP contribution in [-0.4, -0.2) is 21.1 Å². The van der Waals surface area contributed by atoms with Crippen LogP contribution in [0.3, 0.4) is 0 Å². The van der Waals surface area contributed by atoms with Gasteiger partial charge >= 0.3 is 0 Å².